The number of hydrogen-bond acceptors (Lipinski definition) is 2. The number of thiol groups is 1. The van der Waals surface area contributed by atoms with Gasteiger partial charge in [0.2, 0.25) is 0 Å². The van der Waals surface area contributed by atoms with Gasteiger partial charge < -0.3 is 4.90 Å². The van der Waals surface area contributed by atoms with Gasteiger partial charge in [-0.25, -0.2) is 0 Å². The molecular weight excluding hydrogens is 178 g/mol. The predicted octanol–water partition coefficient (Wildman–Crippen LogP) is 2.82. The molecule has 0 aromatic carbocycles. The van der Waals surface area contributed by atoms with E-state index in [9.17, 15) is 0 Å². The molecule has 0 unspecified atom stereocenters. The first-order valence-corrected chi connectivity index (χ1v) is 6.22. The first-order valence-electron chi connectivity index (χ1n) is 5.59. The van der Waals surface area contributed by atoms with Crippen molar-refractivity contribution < 1.29 is 0 Å². The smallest absolute Gasteiger partial charge is 0.00964 e. The third kappa shape index (κ3) is 4.92. The molecule has 1 nitrogen and oxygen atoms in total. The van der Waals surface area contributed by atoms with Crippen LogP contribution in [-0.4, -0.2) is 29.8 Å². The highest BCUT2D eigenvalue weighted by atomic mass is 32.1. The second-order valence-electron chi connectivity index (χ2n) is 4.53. The molecule has 0 atom stereocenters. The summed E-state index contributed by atoms with van der Waals surface area (Å²) >= 11 is 4.27. The van der Waals surface area contributed by atoms with Crippen LogP contribution >= 0.6 is 12.6 Å². The Morgan fingerprint density at radius 2 is 2.00 bits per heavy atom. The van der Waals surface area contributed by atoms with E-state index in [0.29, 0.717) is 0 Å². The Balaban J connectivity index is 2.13. The van der Waals surface area contributed by atoms with Crippen molar-refractivity contribution in [2.75, 3.05) is 18.8 Å². The lowest BCUT2D eigenvalue weighted by molar-refractivity contribution is 0.249. The molecule has 0 aromatic heterocycles. The van der Waals surface area contributed by atoms with E-state index in [1.54, 1.807) is 0 Å². The molecule has 0 spiro atoms. The van der Waals surface area contributed by atoms with Gasteiger partial charge in [0, 0.05) is 6.04 Å². The fourth-order valence-corrected chi connectivity index (χ4v) is 1.76. The maximum atomic E-state index is 4.27. The van der Waals surface area contributed by atoms with Crippen molar-refractivity contribution in [1.29, 1.82) is 0 Å². The van der Waals surface area contributed by atoms with E-state index >= 15 is 0 Å². The topological polar surface area (TPSA) is 3.24 Å². The van der Waals surface area contributed by atoms with E-state index in [2.05, 4.69) is 31.4 Å². The van der Waals surface area contributed by atoms with Crippen LogP contribution < -0.4 is 0 Å². The molecule has 1 aliphatic carbocycles. The zero-order valence-corrected chi connectivity index (χ0v) is 9.89. The van der Waals surface area contributed by atoms with Gasteiger partial charge in [0.15, 0.2) is 0 Å². The van der Waals surface area contributed by atoms with Gasteiger partial charge in [0.1, 0.15) is 0 Å². The summed E-state index contributed by atoms with van der Waals surface area (Å²) in [5.74, 6) is 1.88. The van der Waals surface area contributed by atoms with Gasteiger partial charge >= 0.3 is 0 Å². The molecule has 0 aliphatic heterocycles. The molecule has 0 amide bonds. The van der Waals surface area contributed by atoms with Gasteiger partial charge in [-0.1, -0.05) is 13.8 Å². The van der Waals surface area contributed by atoms with Gasteiger partial charge in [-0.15, -0.1) is 0 Å². The molecule has 1 saturated carbocycles. The molecule has 1 aliphatic rings. The number of rotatable bonds is 7. The lowest BCUT2D eigenvalue weighted by atomic mass is 10.1. The third-order valence-electron chi connectivity index (χ3n) is 2.66. The third-order valence-corrected chi connectivity index (χ3v) is 2.98. The van der Waals surface area contributed by atoms with Gasteiger partial charge in [0.05, 0.1) is 0 Å². The lowest BCUT2D eigenvalue weighted by Crippen LogP contribution is -2.29. The fraction of sp³-hybridized carbons (Fsp3) is 1.00. The Morgan fingerprint density at radius 3 is 2.46 bits per heavy atom. The van der Waals surface area contributed by atoms with Crippen molar-refractivity contribution in [2.45, 2.75) is 45.6 Å². The zero-order valence-electron chi connectivity index (χ0n) is 9.00. The normalized spacial score (nSPS) is 17.3. The molecule has 0 N–H and O–H groups in total. The average Bonchev–Trinajstić information content (AvgIpc) is 2.87. The van der Waals surface area contributed by atoms with Crippen LogP contribution in [0.1, 0.15) is 39.5 Å². The summed E-state index contributed by atoms with van der Waals surface area (Å²) in [6, 6.07) is 0.929. The SMILES string of the molecule is CC(C)CCN(CCCS)C1CC1. The Labute approximate surface area is 88.3 Å². The van der Waals surface area contributed by atoms with Crippen LogP contribution in [0.2, 0.25) is 0 Å². The average molecular weight is 201 g/mol. The van der Waals surface area contributed by atoms with E-state index in [-0.39, 0.29) is 0 Å². The van der Waals surface area contributed by atoms with E-state index in [4.69, 9.17) is 0 Å². The van der Waals surface area contributed by atoms with Crippen molar-refractivity contribution >= 4 is 12.6 Å². The summed E-state index contributed by atoms with van der Waals surface area (Å²) in [6.45, 7) is 7.18. The molecule has 2 heteroatoms. The second-order valence-corrected chi connectivity index (χ2v) is 4.97. The number of hydrogen-bond donors (Lipinski definition) is 1. The highest BCUT2D eigenvalue weighted by Gasteiger charge is 2.27. The van der Waals surface area contributed by atoms with Crippen molar-refractivity contribution in [3.05, 3.63) is 0 Å². The van der Waals surface area contributed by atoms with Gasteiger partial charge in [-0.05, 0) is 50.4 Å². The minimum Gasteiger partial charge on any atom is -0.300 e. The lowest BCUT2D eigenvalue weighted by Gasteiger charge is -2.22. The molecule has 0 aromatic rings. The molecule has 13 heavy (non-hydrogen) atoms. The Bertz CT molecular complexity index is 132. The van der Waals surface area contributed by atoms with E-state index in [0.717, 1.165) is 17.7 Å². The largest absolute Gasteiger partial charge is 0.300 e. The van der Waals surface area contributed by atoms with E-state index in [1.807, 2.05) is 0 Å². The maximum Gasteiger partial charge on any atom is 0.00964 e. The second kappa shape index (κ2) is 5.92. The standard InChI is InChI=1S/C11H23NS/c1-10(2)6-8-12(7-3-9-13)11-4-5-11/h10-11,13H,3-9H2,1-2H3. The summed E-state index contributed by atoms with van der Waals surface area (Å²) in [5, 5.41) is 0. The van der Waals surface area contributed by atoms with Crippen molar-refractivity contribution in [3.8, 4) is 0 Å². The quantitative estimate of drug-likeness (QED) is 0.620. The van der Waals surface area contributed by atoms with Crippen LogP contribution in [0.3, 0.4) is 0 Å². The summed E-state index contributed by atoms with van der Waals surface area (Å²) in [7, 11) is 0. The molecule has 0 radical (unpaired) electrons. The molecule has 0 bridgehead atoms. The molecule has 1 rings (SSSR count). The minimum absolute atomic E-state index is 0.845. The van der Waals surface area contributed by atoms with Crippen molar-refractivity contribution in [3.63, 3.8) is 0 Å². The first-order chi connectivity index (χ1) is 6.24. The Hall–Kier alpha value is 0.310. The summed E-state index contributed by atoms with van der Waals surface area (Å²) in [5.41, 5.74) is 0. The van der Waals surface area contributed by atoms with Gasteiger partial charge in [0.25, 0.3) is 0 Å². The van der Waals surface area contributed by atoms with Crippen LogP contribution in [0.5, 0.6) is 0 Å². The molecule has 78 valence electrons. The first kappa shape index (κ1) is 11.4. The molecule has 1 fully saturated rings. The van der Waals surface area contributed by atoms with Crippen LogP contribution in [0.15, 0.2) is 0 Å². The summed E-state index contributed by atoms with van der Waals surface area (Å²) in [6.07, 6.45) is 5.47. The summed E-state index contributed by atoms with van der Waals surface area (Å²) < 4.78 is 0. The maximum absolute atomic E-state index is 4.27. The predicted molar refractivity (Wildman–Crippen MR) is 62.5 cm³/mol. The zero-order chi connectivity index (χ0) is 9.68. The molecule has 0 saturated heterocycles. The van der Waals surface area contributed by atoms with Crippen LogP contribution in [0, 0.1) is 5.92 Å². The Kier molecular flexibility index (Phi) is 5.18. The van der Waals surface area contributed by atoms with E-state index in [1.165, 1.54) is 38.8 Å². The number of nitrogens with zero attached hydrogens (tertiary/aromatic N) is 1. The monoisotopic (exact) mass is 201 g/mol. The Morgan fingerprint density at radius 1 is 1.31 bits per heavy atom. The van der Waals surface area contributed by atoms with Crippen LogP contribution in [-0.2, 0) is 0 Å². The van der Waals surface area contributed by atoms with Crippen LogP contribution in [0.25, 0.3) is 0 Å². The van der Waals surface area contributed by atoms with Crippen LogP contribution in [0.4, 0.5) is 0 Å². The highest BCUT2D eigenvalue weighted by molar-refractivity contribution is 7.80. The van der Waals surface area contributed by atoms with E-state index < -0.39 is 0 Å². The van der Waals surface area contributed by atoms with Crippen molar-refractivity contribution in [2.24, 2.45) is 5.92 Å². The van der Waals surface area contributed by atoms with Crippen molar-refractivity contribution in [1.82, 2.24) is 4.90 Å². The van der Waals surface area contributed by atoms with Gasteiger partial charge in [-0.2, -0.15) is 12.6 Å². The summed E-state index contributed by atoms with van der Waals surface area (Å²) in [4.78, 5) is 2.66. The fourth-order valence-electron chi connectivity index (χ4n) is 1.61. The minimum atomic E-state index is 0.845. The van der Waals surface area contributed by atoms with Gasteiger partial charge in [-0.3, -0.25) is 0 Å². The molecule has 0 heterocycles. The molecular formula is C11H23NS. The highest BCUT2D eigenvalue weighted by Crippen LogP contribution is 2.27.